The van der Waals surface area contributed by atoms with Crippen LogP contribution in [0.4, 0.5) is 5.82 Å². The number of nitrogens with zero attached hydrogens (tertiary/aromatic N) is 3. The van der Waals surface area contributed by atoms with Gasteiger partial charge < -0.3 is 15.1 Å². The number of aromatic nitrogens is 1. The Labute approximate surface area is 167 Å². The fraction of sp³-hybridized carbons (Fsp3) is 0.476. The summed E-state index contributed by atoms with van der Waals surface area (Å²) in [5, 5.41) is 14.8. The molecule has 0 radical (unpaired) electrons. The number of hydrogen-bond donors (Lipinski definition) is 2. The van der Waals surface area contributed by atoms with Crippen molar-refractivity contribution in [1.29, 1.82) is 0 Å². The highest BCUT2D eigenvalue weighted by Gasteiger charge is 2.16. The van der Waals surface area contributed by atoms with Crippen LogP contribution in [0.15, 0.2) is 47.7 Å². The van der Waals surface area contributed by atoms with Crippen LogP contribution < -0.4 is 4.90 Å². The molecule has 0 bridgehead atoms. The van der Waals surface area contributed by atoms with Crippen molar-refractivity contribution in [1.82, 2.24) is 9.88 Å². The second-order valence-electron chi connectivity index (χ2n) is 6.96. The first-order valence-electron chi connectivity index (χ1n) is 9.43. The fourth-order valence-electron chi connectivity index (χ4n) is 2.68. The number of hydrogen-bond acceptors (Lipinski definition) is 5. The molecular formula is C21H31N3O4. The highest BCUT2D eigenvalue weighted by Crippen LogP contribution is 2.13. The molecule has 28 heavy (non-hydrogen) atoms. The van der Waals surface area contributed by atoms with E-state index in [-0.39, 0.29) is 0 Å². The van der Waals surface area contributed by atoms with E-state index in [4.69, 9.17) is 19.8 Å². The summed E-state index contributed by atoms with van der Waals surface area (Å²) >= 11 is 0. The largest absolute Gasteiger partial charge is 0.473 e. The van der Waals surface area contributed by atoms with E-state index in [0.29, 0.717) is 0 Å². The van der Waals surface area contributed by atoms with E-state index in [9.17, 15) is 0 Å². The minimum Gasteiger partial charge on any atom is -0.473 e. The van der Waals surface area contributed by atoms with Crippen LogP contribution in [0, 0.1) is 0 Å². The van der Waals surface area contributed by atoms with Crippen LogP contribution >= 0.6 is 0 Å². The molecule has 7 nitrogen and oxygen atoms in total. The fourth-order valence-corrected chi connectivity index (χ4v) is 2.68. The van der Waals surface area contributed by atoms with Crippen LogP contribution in [0.1, 0.15) is 33.6 Å². The van der Waals surface area contributed by atoms with Gasteiger partial charge in [0, 0.05) is 38.9 Å². The molecule has 0 saturated carbocycles. The number of carboxylic acids is 2. The van der Waals surface area contributed by atoms with Crippen LogP contribution in [0.3, 0.4) is 0 Å². The number of carboxylic acid groups (broad SMARTS) is 2. The molecule has 0 amide bonds. The molecule has 1 aromatic rings. The lowest BCUT2D eigenvalue weighted by atomic mass is 10.1. The summed E-state index contributed by atoms with van der Waals surface area (Å²) in [4.78, 5) is 27.5. The van der Waals surface area contributed by atoms with Crippen molar-refractivity contribution in [3.05, 3.63) is 47.7 Å². The van der Waals surface area contributed by atoms with E-state index in [1.54, 1.807) is 0 Å². The van der Waals surface area contributed by atoms with Gasteiger partial charge in [0.05, 0.1) is 0 Å². The van der Waals surface area contributed by atoms with Gasteiger partial charge in [-0.1, -0.05) is 29.4 Å². The number of rotatable bonds is 6. The Morgan fingerprint density at radius 3 is 2.18 bits per heavy atom. The molecule has 7 heteroatoms. The van der Waals surface area contributed by atoms with Crippen molar-refractivity contribution in [2.45, 2.75) is 33.6 Å². The smallest absolute Gasteiger partial charge is 0.414 e. The molecular weight excluding hydrogens is 358 g/mol. The summed E-state index contributed by atoms with van der Waals surface area (Å²) in [6.45, 7) is 12.0. The summed E-state index contributed by atoms with van der Waals surface area (Å²) < 4.78 is 0. The standard InChI is InChI=1S/C19H29N3.C2H2O4/c1-17(2)7-6-8-18(3)10-12-21-13-15-22(16-14-21)19-9-4-5-11-20-19;3-1(4)2(5)6/h4-5,7,9-11H,6,8,12-16H2,1-3H3;(H,3,4)(H,5,6). The number of carbonyl (C=O) groups is 2. The SMILES string of the molecule is CC(C)=CCCC(C)=CCN1CCN(c2ccccn2)CC1.O=C(O)C(=O)O. The van der Waals surface area contributed by atoms with Gasteiger partial charge in [0.25, 0.3) is 0 Å². The van der Waals surface area contributed by atoms with E-state index >= 15 is 0 Å². The molecule has 0 atom stereocenters. The molecule has 1 aromatic heterocycles. The Morgan fingerprint density at radius 2 is 1.68 bits per heavy atom. The summed E-state index contributed by atoms with van der Waals surface area (Å²) in [7, 11) is 0. The lowest BCUT2D eigenvalue weighted by molar-refractivity contribution is -0.159. The van der Waals surface area contributed by atoms with Gasteiger partial charge in [0.2, 0.25) is 0 Å². The van der Waals surface area contributed by atoms with Gasteiger partial charge in [0.1, 0.15) is 5.82 Å². The summed E-state index contributed by atoms with van der Waals surface area (Å²) in [6.07, 6.45) is 8.94. The third-order valence-corrected chi connectivity index (χ3v) is 4.32. The maximum Gasteiger partial charge on any atom is 0.414 e. The minimum absolute atomic E-state index is 1.07. The second-order valence-corrected chi connectivity index (χ2v) is 6.96. The predicted octanol–water partition coefficient (Wildman–Crippen LogP) is 3.05. The average molecular weight is 389 g/mol. The Balaban J connectivity index is 0.000000568. The predicted molar refractivity (Wildman–Crippen MR) is 111 cm³/mol. The van der Waals surface area contributed by atoms with Gasteiger partial charge in [-0.3, -0.25) is 4.90 Å². The van der Waals surface area contributed by atoms with Crippen LogP contribution in [0.5, 0.6) is 0 Å². The van der Waals surface area contributed by atoms with Crippen molar-refractivity contribution in [2.24, 2.45) is 0 Å². The number of allylic oxidation sites excluding steroid dienone is 3. The maximum atomic E-state index is 9.10. The van der Waals surface area contributed by atoms with Crippen LogP contribution in [0.2, 0.25) is 0 Å². The van der Waals surface area contributed by atoms with E-state index in [1.165, 1.54) is 17.6 Å². The normalized spacial score (nSPS) is 14.7. The van der Waals surface area contributed by atoms with E-state index in [2.05, 4.69) is 59.8 Å². The lowest BCUT2D eigenvalue weighted by Crippen LogP contribution is -2.46. The molecule has 2 N–H and O–H groups in total. The average Bonchev–Trinajstić information content (AvgIpc) is 2.67. The molecule has 2 heterocycles. The van der Waals surface area contributed by atoms with Gasteiger partial charge in [-0.2, -0.15) is 0 Å². The Hall–Kier alpha value is -2.67. The van der Waals surface area contributed by atoms with Crippen LogP contribution in [-0.2, 0) is 9.59 Å². The number of pyridine rings is 1. The Morgan fingerprint density at radius 1 is 1.04 bits per heavy atom. The summed E-state index contributed by atoms with van der Waals surface area (Å²) in [5.74, 6) is -2.54. The van der Waals surface area contributed by atoms with Crippen molar-refractivity contribution >= 4 is 17.8 Å². The first-order valence-corrected chi connectivity index (χ1v) is 9.43. The lowest BCUT2D eigenvalue weighted by Gasteiger charge is -2.34. The molecule has 0 spiro atoms. The van der Waals surface area contributed by atoms with E-state index < -0.39 is 11.9 Å². The van der Waals surface area contributed by atoms with E-state index in [0.717, 1.165) is 45.0 Å². The molecule has 1 aliphatic rings. The molecule has 0 aromatic carbocycles. The van der Waals surface area contributed by atoms with Crippen molar-refractivity contribution in [3.8, 4) is 0 Å². The molecule has 0 aliphatic carbocycles. The van der Waals surface area contributed by atoms with Crippen molar-refractivity contribution < 1.29 is 19.8 Å². The second kappa shape index (κ2) is 12.7. The van der Waals surface area contributed by atoms with Gasteiger partial charge in [-0.05, 0) is 45.7 Å². The quantitative estimate of drug-likeness (QED) is 0.570. The summed E-state index contributed by atoms with van der Waals surface area (Å²) in [5.41, 5.74) is 2.92. The Bertz CT molecular complexity index is 662. The van der Waals surface area contributed by atoms with Gasteiger partial charge in [-0.15, -0.1) is 0 Å². The monoisotopic (exact) mass is 389 g/mol. The zero-order chi connectivity index (χ0) is 20.9. The third kappa shape index (κ3) is 9.87. The first kappa shape index (κ1) is 23.4. The Kier molecular flexibility index (Phi) is 10.6. The maximum absolute atomic E-state index is 9.10. The molecule has 1 aliphatic heterocycles. The first-order chi connectivity index (χ1) is 13.3. The number of piperazine rings is 1. The molecule has 1 saturated heterocycles. The zero-order valence-electron chi connectivity index (χ0n) is 17.0. The van der Waals surface area contributed by atoms with Crippen molar-refractivity contribution in [2.75, 3.05) is 37.6 Å². The molecule has 2 rings (SSSR count). The van der Waals surface area contributed by atoms with Gasteiger partial charge >= 0.3 is 11.9 Å². The zero-order valence-corrected chi connectivity index (χ0v) is 17.0. The topological polar surface area (TPSA) is 94.0 Å². The molecule has 1 fully saturated rings. The van der Waals surface area contributed by atoms with Crippen LogP contribution in [0.25, 0.3) is 0 Å². The highest BCUT2D eigenvalue weighted by atomic mass is 16.4. The minimum atomic E-state index is -1.82. The van der Waals surface area contributed by atoms with E-state index in [1.807, 2.05) is 12.3 Å². The third-order valence-electron chi connectivity index (χ3n) is 4.32. The van der Waals surface area contributed by atoms with Gasteiger partial charge in [0.15, 0.2) is 0 Å². The summed E-state index contributed by atoms with van der Waals surface area (Å²) in [6, 6.07) is 6.14. The number of aliphatic carboxylic acids is 2. The number of anilines is 1. The highest BCUT2D eigenvalue weighted by molar-refractivity contribution is 6.27. The van der Waals surface area contributed by atoms with Gasteiger partial charge in [-0.25, -0.2) is 14.6 Å². The van der Waals surface area contributed by atoms with Crippen molar-refractivity contribution in [3.63, 3.8) is 0 Å². The molecule has 0 unspecified atom stereocenters. The molecule has 154 valence electrons. The van der Waals surface area contributed by atoms with Crippen LogP contribution in [-0.4, -0.2) is 64.8 Å².